The van der Waals surface area contributed by atoms with Gasteiger partial charge in [-0.1, -0.05) is 12.1 Å². The van der Waals surface area contributed by atoms with E-state index >= 15 is 0 Å². The van der Waals surface area contributed by atoms with Crippen LogP contribution in [0.5, 0.6) is 0 Å². The Balaban J connectivity index is 0.00000200. The molecule has 0 unspecified atom stereocenters. The van der Waals surface area contributed by atoms with Crippen molar-refractivity contribution in [3.05, 3.63) is 46.8 Å². The monoisotopic (exact) mass is 283 g/mol. The number of benzene rings is 1. The van der Waals surface area contributed by atoms with E-state index in [1.807, 2.05) is 12.1 Å². The summed E-state index contributed by atoms with van der Waals surface area (Å²) in [5.41, 5.74) is 1.52. The van der Waals surface area contributed by atoms with Gasteiger partial charge in [0.25, 0.3) is 5.91 Å². The van der Waals surface area contributed by atoms with E-state index in [0.29, 0.717) is 10.4 Å². The first-order valence-corrected chi connectivity index (χ1v) is 6.46. The van der Waals surface area contributed by atoms with Gasteiger partial charge in [0.1, 0.15) is 4.88 Å². The van der Waals surface area contributed by atoms with Gasteiger partial charge in [0.15, 0.2) is 0 Å². The van der Waals surface area contributed by atoms with Gasteiger partial charge < -0.3 is 10.0 Å². The molecule has 1 N–H and O–H groups in total. The average molecular weight is 283 g/mol. The minimum absolute atomic E-state index is 0. The van der Waals surface area contributed by atoms with Gasteiger partial charge in [-0.15, -0.1) is 11.3 Å². The van der Waals surface area contributed by atoms with E-state index in [4.69, 9.17) is 5.11 Å². The summed E-state index contributed by atoms with van der Waals surface area (Å²) >= 11 is 1.22. The van der Waals surface area contributed by atoms with Crippen LogP contribution in [-0.2, 0) is 0 Å². The van der Waals surface area contributed by atoms with Crippen LogP contribution in [0.2, 0.25) is 0 Å². The number of hydrogen-bond donors (Lipinski definition) is 1. The van der Waals surface area contributed by atoms with Crippen LogP contribution in [0.3, 0.4) is 0 Å². The summed E-state index contributed by atoms with van der Waals surface area (Å²) in [4.78, 5) is 25.3. The van der Waals surface area contributed by atoms with Gasteiger partial charge in [-0.25, -0.2) is 4.79 Å². The van der Waals surface area contributed by atoms with Crippen molar-refractivity contribution in [2.45, 2.75) is 0 Å². The van der Waals surface area contributed by atoms with Crippen LogP contribution in [0.15, 0.2) is 36.4 Å². The SMILES string of the molecule is CN(C)C(=O)c1ccc(-c2ccc(C(=O)O)s2)cc1.[LiH]. The number of amides is 1. The number of carboxylic acids is 1. The number of aromatic carboxylic acids is 1. The van der Waals surface area contributed by atoms with Crippen LogP contribution >= 0.6 is 11.3 Å². The molecule has 0 atom stereocenters. The quantitative estimate of drug-likeness (QED) is 0.878. The van der Waals surface area contributed by atoms with Crippen LogP contribution in [0.4, 0.5) is 0 Å². The molecule has 20 heavy (non-hydrogen) atoms. The van der Waals surface area contributed by atoms with Crippen molar-refractivity contribution in [1.82, 2.24) is 4.90 Å². The van der Waals surface area contributed by atoms with Crippen molar-refractivity contribution in [2.75, 3.05) is 14.1 Å². The number of carbonyl (C=O) groups excluding carboxylic acids is 1. The summed E-state index contributed by atoms with van der Waals surface area (Å²) in [6, 6.07) is 10.5. The molecule has 4 nitrogen and oxygen atoms in total. The summed E-state index contributed by atoms with van der Waals surface area (Å²) in [5.74, 6) is -0.973. The normalized spacial score (nSPS) is 9.70. The molecular formula is C14H14LiNO3S. The Labute approximate surface area is 133 Å². The molecule has 100 valence electrons. The standard InChI is InChI=1S/C14H13NO3S.Li.H/c1-15(2)13(16)10-5-3-9(4-6-10)11-7-8-12(19-11)14(17)18;;/h3-8H,1-2H3,(H,17,18);;. The Bertz CT molecular complexity index is 620. The number of carboxylic acid groups (broad SMARTS) is 1. The second-order valence-electron chi connectivity index (χ2n) is 4.25. The Morgan fingerprint density at radius 3 is 2.10 bits per heavy atom. The van der Waals surface area contributed by atoms with Gasteiger partial charge in [0.2, 0.25) is 0 Å². The van der Waals surface area contributed by atoms with E-state index in [1.165, 1.54) is 16.2 Å². The summed E-state index contributed by atoms with van der Waals surface area (Å²) in [5, 5.41) is 8.88. The molecule has 0 bridgehead atoms. The summed E-state index contributed by atoms with van der Waals surface area (Å²) < 4.78 is 0. The molecular weight excluding hydrogens is 269 g/mol. The van der Waals surface area contributed by atoms with Crippen LogP contribution in [0, 0.1) is 0 Å². The van der Waals surface area contributed by atoms with Gasteiger partial charge in [-0.3, -0.25) is 4.79 Å². The fraction of sp³-hybridized carbons (Fsp3) is 0.143. The molecule has 0 aliphatic heterocycles. The molecule has 1 aromatic heterocycles. The summed E-state index contributed by atoms with van der Waals surface area (Å²) in [7, 11) is 3.41. The van der Waals surface area contributed by atoms with Crippen molar-refractivity contribution >= 4 is 42.1 Å². The first-order valence-electron chi connectivity index (χ1n) is 5.64. The molecule has 1 heterocycles. The average Bonchev–Trinajstić information content (AvgIpc) is 2.87. The topological polar surface area (TPSA) is 57.6 Å². The number of rotatable bonds is 3. The van der Waals surface area contributed by atoms with Crippen LogP contribution in [-0.4, -0.2) is 54.8 Å². The molecule has 0 fully saturated rings. The Kier molecular flexibility index (Phi) is 5.58. The maximum atomic E-state index is 11.7. The maximum absolute atomic E-state index is 11.7. The molecule has 0 saturated carbocycles. The Hall–Kier alpha value is -1.54. The predicted molar refractivity (Wildman–Crippen MR) is 81.9 cm³/mol. The first-order chi connectivity index (χ1) is 8.99. The second-order valence-corrected chi connectivity index (χ2v) is 5.33. The van der Waals surface area contributed by atoms with E-state index in [2.05, 4.69) is 0 Å². The third-order valence-electron chi connectivity index (χ3n) is 2.64. The molecule has 6 heteroatoms. The van der Waals surface area contributed by atoms with Gasteiger partial charge >= 0.3 is 24.8 Å². The van der Waals surface area contributed by atoms with Crippen molar-refractivity contribution in [2.24, 2.45) is 0 Å². The van der Waals surface area contributed by atoms with E-state index in [1.54, 1.807) is 38.4 Å². The van der Waals surface area contributed by atoms with E-state index in [0.717, 1.165) is 10.4 Å². The van der Waals surface area contributed by atoms with Crippen LogP contribution < -0.4 is 0 Å². The van der Waals surface area contributed by atoms with Gasteiger partial charge in [-0.2, -0.15) is 0 Å². The van der Waals surface area contributed by atoms with E-state index in [-0.39, 0.29) is 24.8 Å². The second kappa shape index (κ2) is 6.75. The fourth-order valence-electron chi connectivity index (χ4n) is 1.64. The molecule has 0 aliphatic rings. The molecule has 0 radical (unpaired) electrons. The molecule has 2 rings (SSSR count). The zero-order valence-electron chi connectivity index (χ0n) is 10.6. The third kappa shape index (κ3) is 3.51. The van der Waals surface area contributed by atoms with Crippen molar-refractivity contribution < 1.29 is 14.7 Å². The third-order valence-corrected chi connectivity index (χ3v) is 3.76. The Morgan fingerprint density at radius 1 is 1.05 bits per heavy atom. The first kappa shape index (κ1) is 16.5. The van der Waals surface area contributed by atoms with Crippen molar-refractivity contribution in [3.8, 4) is 10.4 Å². The molecule has 2 aromatic rings. The van der Waals surface area contributed by atoms with Gasteiger partial charge in [-0.05, 0) is 29.8 Å². The number of nitrogens with zero attached hydrogens (tertiary/aromatic N) is 1. The molecule has 0 aliphatic carbocycles. The summed E-state index contributed by atoms with van der Waals surface area (Å²) in [6.07, 6.45) is 0. The zero-order valence-corrected chi connectivity index (χ0v) is 11.4. The van der Waals surface area contributed by atoms with E-state index < -0.39 is 5.97 Å². The van der Waals surface area contributed by atoms with Crippen molar-refractivity contribution in [3.63, 3.8) is 0 Å². The van der Waals surface area contributed by atoms with Crippen LogP contribution in [0.1, 0.15) is 20.0 Å². The Morgan fingerprint density at radius 2 is 1.65 bits per heavy atom. The van der Waals surface area contributed by atoms with Gasteiger partial charge in [0.05, 0.1) is 0 Å². The van der Waals surface area contributed by atoms with Gasteiger partial charge in [0, 0.05) is 24.5 Å². The molecule has 1 amide bonds. The number of thiophene rings is 1. The molecule has 0 saturated heterocycles. The minimum atomic E-state index is -0.921. The predicted octanol–water partition coefficient (Wildman–Crippen LogP) is 2.17. The van der Waals surface area contributed by atoms with E-state index in [9.17, 15) is 9.59 Å². The van der Waals surface area contributed by atoms with Crippen molar-refractivity contribution in [1.29, 1.82) is 0 Å². The zero-order chi connectivity index (χ0) is 14.0. The van der Waals surface area contributed by atoms with Crippen LogP contribution in [0.25, 0.3) is 10.4 Å². The fourth-order valence-corrected chi connectivity index (χ4v) is 2.49. The number of hydrogen-bond acceptors (Lipinski definition) is 3. The molecule has 0 spiro atoms. The molecule has 1 aromatic carbocycles. The summed E-state index contributed by atoms with van der Waals surface area (Å²) in [6.45, 7) is 0. The number of carbonyl (C=O) groups is 2.